The average molecular weight is 150 g/mol. The van der Waals surface area contributed by atoms with Gasteiger partial charge in [0.15, 0.2) is 0 Å². The van der Waals surface area contributed by atoms with E-state index in [1.807, 2.05) is 11.0 Å². The maximum absolute atomic E-state index is 11.3. The first-order valence-electron chi connectivity index (χ1n) is 4.03. The first-order chi connectivity index (χ1) is 5.33. The number of nitrogens with zero attached hydrogens (tertiary/aromatic N) is 2. The van der Waals surface area contributed by atoms with Gasteiger partial charge in [0.1, 0.15) is 5.92 Å². The quantitative estimate of drug-likeness (QED) is 0.547. The fraction of sp³-hybridized carbons (Fsp3) is 0.750. The van der Waals surface area contributed by atoms with Crippen molar-refractivity contribution in [2.45, 2.75) is 25.3 Å². The highest BCUT2D eigenvalue weighted by Crippen LogP contribution is 2.32. The molecular weight excluding hydrogens is 140 g/mol. The summed E-state index contributed by atoms with van der Waals surface area (Å²) in [5.74, 6) is -0.273. The monoisotopic (exact) mass is 150 g/mol. The molecule has 1 heterocycles. The fourth-order valence-corrected chi connectivity index (χ4v) is 1.57. The molecule has 2 aliphatic rings. The Hall–Kier alpha value is -1.04. The number of carbonyl (C=O) groups is 1. The second-order valence-electron chi connectivity index (χ2n) is 3.23. The maximum Gasteiger partial charge on any atom is 0.240 e. The minimum Gasteiger partial charge on any atom is -0.339 e. The Morgan fingerprint density at radius 1 is 1.45 bits per heavy atom. The Labute approximate surface area is 65.6 Å². The Morgan fingerprint density at radius 2 is 2.18 bits per heavy atom. The molecule has 0 spiro atoms. The summed E-state index contributed by atoms with van der Waals surface area (Å²) in [6.45, 7) is 0.807. The topological polar surface area (TPSA) is 44.1 Å². The smallest absolute Gasteiger partial charge is 0.240 e. The van der Waals surface area contributed by atoms with Crippen molar-refractivity contribution in [3.63, 3.8) is 0 Å². The standard InChI is InChI=1S/C8H10N2O/c9-5-6-3-4-10(8(6)11)7-1-2-7/h6-7H,1-4H2/t6-/m0/s1. The molecule has 0 radical (unpaired) electrons. The van der Waals surface area contributed by atoms with Crippen LogP contribution in [-0.4, -0.2) is 23.4 Å². The van der Waals surface area contributed by atoms with Gasteiger partial charge in [-0.15, -0.1) is 0 Å². The Kier molecular flexibility index (Phi) is 1.35. The number of amides is 1. The lowest BCUT2D eigenvalue weighted by atomic mass is 10.1. The summed E-state index contributed by atoms with van der Waals surface area (Å²) in [4.78, 5) is 13.2. The lowest BCUT2D eigenvalue weighted by Crippen LogP contribution is -2.28. The summed E-state index contributed by atoms with van der Waals surface area (Å²) in [6, 6.07) is 2.52. The number of nitriles is 1. The zero-order valence-electron chi connectivity index (χ0n) is 6.29. The molecule has 0 aromatic heterocycles. The van der Waals surface area contributed by atoms with Gasteiger partial charge in [-0.25, -0.2) is 0 Å². The van der Waals surface area contributed by atoms with Crippen molar-refractivity contribution < 1.29 is 4.79 Å². The van der Waals surface area contributed by atoms with Gasteiger partial charge in [-0.05, 0) is 19.3 Å². The van der Waals surface area contributed by atoms with Crippen LogP contribution in [-0.2, 0) is 4.79 Å². The van der Waals surface area contributed by atoms with E-state index in [4.69, 9.17) is 5.26 Å². The molecule has 1 aliphatic carbocycles. The lowest BCUT2D eigenvalue weighted by molar-refractivity contribution is -0.130. The first-order valence-corrected chi connectivity index (χ1v) is 4.03. The van der Waals surface area contributed by atoms with E-state index in [1.165, 1.54) is 0 Å². The van der Waals surface area contributed by atoms with Gasteiger partial charge < -0.3 is 4.90 Å². The SMILES string of the molecule is N#C[C@@H]1CCN(C2CC2)C1=O. The van der Waals surface area contributed by atoms with Gasteiger partial charge in [-0.1, -0.05) is 0 Å². The molecule has 2 rings (SSSR count). The third-order valence-electron chi connectivity index (χ3n) is 2.38. The molecule has 1 saturated carbocycles. The van der Waals surface area contributed by atoms with Crippen LogP contribution in [0.25, 0.3) is 0 Å². The van der Waals surface area contributed by atoms with E-state index in [-0.39, 0.29) is 11.8 Å². The molecule has 1 aliphatic heterocycles. The minimum atomic E-state index is -0.337. The highest BCUT2D eigenvalue weighted by atomic mass is 16.2. The van der Waals surface area contributed by atoms with Crippen LogP contribution in [0.4, 0.5) is 0 Å². The van der Waals surface area contributed by atoms with E-state index < -0.39 is 0 Å². The van der Waals surface area contributed by atoms with Gasteiger partial charge in [0, 0.05) is 12.6 Å². The largest absolute Gasteiger partial charge is 0.339 e. The van der Waals surface area contributed by atoms with Gasteiger partial charge in [-0.3, -0.25) is 4.79 Å². The van der Waals surface area contributed by atoms with Gasteiger partial charge >= 0.3 is 0 Å². The summed E-state index contributed by atoms with van der Waals surface area (Å²) >= 11 is 0. The molecule has 1 saturated heterocycles. The van der Waals surface area contributed by atoms with Crippen LogP contribution >= 0.6 is 0 Å². The second kappa shape index (κ2) is 2.23. The van der Waals surface area contributed by atoms with Crippen LogP contribution in [0.1, 0.15) is 19.3 Å². The number of carbonyl (C=O) groups excluding carboxylic acids is 1. The zero-order chi connectivity index (χ0) is 7.84. The molecular formula is C8H10N2O. The first kappa shape index (κ1) is 6.66. The molecule has 0 N–H and O–H groups in total. The Morgan fingerprint density at radius 3 is 2.64 bits per heavy atom. The minimum absolute atomic E-state index is 0.0648. The van der Waals surface area contributed by atoms with Crippen molar-refractivity contribution in [3.05, 3.63) is 0 Å². The van der Waals surface area contributed by atoms with Crippen LogP contribution in [0, 0.1) is 17.2 Å². The van der Waals surface area contributed by atoms with Crippen molar-refractivity contribution in [1.82, 2.24) is 4.90 Å². The van der Waals surface area contributed by atoms with Crippen LogP contribution in [0.15, 0.2) is 0 Å². The average Bonchev–Trinajstić information content (AvgIpc) is 2.77. The number of hydrogen-bond acceptors (Lipinski definition) is 2. The highest BCUT2D eigenvalue weighted by Gasteiger charge is 2.40. The van der Waals surface area contributed by atoms with Crippen LogP contribution < -0.4 is 0 Å². The normalized spacial score (nSPS) is 30.6. The molecule has 0 aromatic carbocycles. The molecule has 1 atom stereocenters. The van der Waals surface area contributed by atoms with Gasteiger partial charge in [-0.2, -0.15) is 5.26 Å². The third kappa shape index (κ3) is 0.988. The Balaban J connectivity index is 2.06. The van der Waals surface area contributed by atoms with Crippen molar-refractivity contribution in [1.29, 1.82) is 5.26 Å². The molecule has 3 nitrogen and oxygen atoms in total. The van der Waals surface area contributed by atoms with E-state index in [1.54, 1.807) is 0 Å². The van der Waals surface area contributed by atoms with E-state index in [0.717, 1.165) is 25.8 Å². The molecule has 1 amide bonds. The van der Waals surface area contributed by atoms with Crippen molar-refractivity contribution in [2.24, 2.45) is 5.92 Å². The van der Waals surface area contributed by atoms with Gasteiger partial charge in [0.2, 0.25) is 5.91 Å². The molecule has 11 heavy (non-hydrogen) atoms. The van der Waals surface area contributed by atoms with E-state index in [0.29, 0.717) is 6.04 Å². The van der Waals surface area contributed by atoms with E-state index in [2.05, 4.69) is 0 Å². The molecule has 0 aromatic rings. The van der Waals surface area contributed by atoms with Crippen molar-refractivity contribution >= 4 is 5.91 Å². The third-order valence-corrected chi connectivity index (χ3v) is 2.38. The van der Waals surface area contributed by atoms with Crippen LogP contribution in [0.5, 0.6) is 0 Å². The predicted molar refractivity (Wildman–Crippen MR) is 38.5 cm³/mol. The van der Waals surface area contributed by atoms with E-state index >= 15 is 0 Å². The van der Waals surface area contributed by atoms with Crippen molar-refractivity contribution in [2.75, 3.05) is 6.54 Å². The molecule has 3 heteroatoms. The molecule has 2 fully saturated rings. The van der Waals surface area contributed by atoms with Crippen LogP contribution in [0.2, 0.25) is 0 Å². The number of hydrogen-bond donors (Lipinski definition) is 0. The second-order valence-corrected chi connectivity index (χ2v) is 3.23. The molecule has 58 valence electrons. The fourth-order valence-electron chi connectivity index (χ4n) is 1.57. The summed E-state index contributed by atoms with van der Waals surface area (Å²) in [5.41, 5.74) is 0. The maximum atomic E-state index is 11.3. The lowest BCUT2D eigenvalue weighted by Gasteiger charge is -2.13. The summed E-state index contributed by atoms with van der Waals surface area (Å²) in [7, 11) is 0. The summed E-state index contributed by atoms with van der Waals surface area (Å²) in [6.07, 6.45) is 3.03. The zero-order valence-corrected chi connectivity index (χ0v) is 6.29. The summed E-state index contributed by atoms with van der Waals surface area (Å²) < 4.78 is 0. The van der Waals surface area contributed by atoms with Gasteiger partial charge in [0.05, 0.1) is 6.07 Å². The molecule has 0 bridgehead atoms. The number of rotatable bonds is 1. The Bertz CT molecular complexity index is 227. The summed E-state index contributed by atoms with van der Waals surface area (Å²) in [5, 5.41) is 8.56. The van der Waals surface area contributed by atoms with Crippen molar-refractivity contribution in [3.8, 4) is 6.07 Å². The number of likely N-dealkylation sites (tertiary alicyclic amines) is 1. The predicted octanol–water partition coefficient (Wildman–Crippen LogP) is 0.521. The van der Waals surface area contributed by atoms with E-state index in [9.17, 15) is 4.79 Å². The van der Waals surface area contributed by atoms with Gasteiger partial charge in [0.25, 0.3) is 0 Å². The highest BCUT2D eigenvalue weighted by molar-refractivity contribution is 5.83. The van der Waals surface area contributed by atoms with Crippen LogP contribution in [0.3, 0.4) is 0 Å². The molecule has 0 unspecified atom stereocenters.